The van der Waals surface area contributed by atoms with Crippen LogP contribution in [0, 0.1) is 5.92 Å². The molecule has 18 heavy (non-hydrogen) atoms. The number of hydrogen-bond donors (Lipinski definition) is 0. The molecule has 0 saturated heterocycles. The van der Waals surface area contributed by atoms with Crippen molar-refractivity contribution in [1.82, 2.24) is 0 Å². The SMILES string of the molecule is CN(CC1CCCCC1)c1ccc(CBr)cc1Cl. The van der Waals surface area contributed by atoms with Crippen molar-refractivity contribution in [2.75, 3.05) is 18.5 Å². The highest BCUT2D eigenvalue weighted by molar-refractivity contribution is 9.08. The van der Waals surface area contributed by atoms with E-state index in [2.05, 4.69) is 46.1 Å². The summed E-state index contributed by atoms with van der Waals surface area (Å²) < 4.78 is 0. The summed E-state index contributed by atoms with van der Waals surface area (Å²) in [5.74, 6) is 0.843. The molecule has 0 amide bonds. The van der Waals surface area contributed by atoms with Gasteiger partial charge in [0.2, 0.25) is 0 Å². The molecule has 0 aliphatic heterocycles. The molecule has 1 aliphatic carbocycles. The van der Waals surface area contributed by atoms with Gasteiger partial charge in [0.05, 0.1) is 10.7 Å². The Labute approximate surface area is 124 Å². The molecule has 0 aromatic heterocycles. The van der Waals surface area contributed by atoms with Gasteiger partial charge < -0.3 is 4.90 Å². The van der Waals surface area contributed by atoms with E-state index in [-0.39, 0.29) is 0 Å². The normalized spacial score (nSPS) is 16.8. The van der Waals surface area contributed by atoms with Crippen molar-refractivity contribution in [3.8, 4) is 0 Å². The van der Waals surface area contributed by atoms with Crippen molar-refractivity contribution in [1.29, 1.82) is 0 Å². The van der Waals surface area contributed by atoms with Crippen LogP contribution in [0.4, 0.5) is 5.69 Å². The number of anilines is 1. The Hall–Kier alpha value is -0.210. The first kappa shape index (κ1) is 14.2. The zero-order valence-electron chi connectivity index (χ0n) is 11.0. The van der Waals surface area contributed by atoms with Gasteiger partial charge in [-0.25, -0.2) is 0 Å². The molecule has 1 saturated carbocycles. The lowest BCUT2D eigenvalue weighted by atomic mass is 9.89. The number of nitrogens with zero attached hydrogens (tertiary/aromatic N) is 1. The number of hydrogen-bond acceptors (Lipinski definition) is 1. The Kier molecular flexibility index (Phi) is 5.38. The summed E-state index contributed by atoms with van der Waals surface area (Å²) >= 11 is 9.82. The molecule has 0 N–H and O–H groups in total. The molecule has 1 nitrogen and oxygen atoms in total. The van der Waals surface area contributed by atoms with Crippen LogP contribution in [-0.2, 0) is 5.33 Å². The summed E-state index contributed by atoms with van der Waals surface area (Å²) in [6.45, 7) is 1.13. The number of alkyl halides is 1. The van der Waals surface area contributed by atoms with E-state index >= 15 is 0 Å². The minimum atomic E-state index is 0.843. The minimum absolute atomic E-state index is 0.843. The predicted octanol–water partition coefficient (Wildman–Crippen LogP) is 5.25. The highest BCUT2D eigenvalue weighted by atomic mass is 79.9. The summed E-state index contributed by atoms with van der Waals surface area (Å²) in [6.07, 6.45) is 6.97. The molecular weight excluding hydrogens is 310 g/mol. The average molecular weight is 331 g/mol. The molecule has 0 radical (unpaired) electrons. The highest BCUT2D eigenvalue weighted by Gasteiger charge is 2.16. The van der Waals surface area contributed by atoms with Gasteiger partial charge in [0.1, 0.15) is 0 Å². The Morgan fingerprint density at radius 2 is 2.00 bits per heavy atom. The molecule has 1 aromatic carbocycles. The van der Waals surface area contributed by atoms with Crippen LogP contribution in [0.15, 0.2) is 18.2 Å². The van der Waals surface area contributed by atoms with Crippen molar-refractivity contribution < 1.29 is 0 Å². The highest BCUT2D eigenvalue weighted by Crippen LogP contribution is 2.30. The molecule has 100 valence electrons. The molecule has 1 aromatic rings. The third kappa shape index (κ3) is 3.64. The third-order valence-electron chi connectivity index (χ3n) is 3.83. The zero-order chi connectivity index (χ0) is 13.0. The summed E-state index contributed by atoms with van der Waals surface area (Å²) in [5, 5.41) is 1.73. The first-order chi connectivity index (χ1) is 8.70. The summed E-state index contributed by atoms with van der Waals surface area (Å²) in [5.41, 5.74) is 2.39. The van der Waals surface area contributed by atoms with Crippen molar-refractivity contribution in [3.63, 3.8) is 0 Å². The monoisotopic (exact) mass is 329 g/mol. The second-order valence-corrected chi connectivity index (χ2v) is 6.27. The zero-order valence-corrected chi connectivity index (χ0v) is 13.3. The summed E-state index contributed by atoms with van der Waals surface area (Å²) in [6, 6.07) is 6.35. The third-order valence-corrected chi connectivity index (χ3v) is 4.78. The van der Waals surface area contributed by atoms with Crippen molar-refractivity contribution in [3.05, 3.63) is 28.8 Å². The van der Waals surface area contributed by atoms with Gasteiger partial charge in [-0.1, -0.05) is 52.9 Å². The average Bonchev–Trinajstić information content (AvgIpc) is 2.39. The van der Waals surface area contributed by atoms with E-state index in [4.69, 9.17) is 11.6 Å². The van der Waals surface area contributed by atoms with Gasteiger partial charge in [-0.3, -0.25) is 0 Å². The molecule has 2 rings (SSSR count). The molecule has 0 spiro atoms. The minimum Gasteiger partial charge on any atom is -0.373 e. The molecule has 0 bridgehead atoms. The summed E-state index contributed by atoms with van der Waals surface area (Å²) in [7, 11) is 2.16. The number of benzene rings is 1. The topological polar surface area (TPSA) is 3.24 Å². The van der Waals surface area contributed by atoms with Crippen molar-refractivity contribution in [2.45, 2.75) is 37.4 Å². The number of rotatable bonds is 4. The van der Waals surface area contributed by atoms with Crippen LogP contribution in [0.3, 0.4) is 0 Å². The van der Waals surface area contributed by atoms with E-state index in [9.17, 15) is 0 Å². The van der Waals surface area contributed by atoms with Gasteiger partial charge in [-0.2, -0.15) is 0 Å². The van der Waals surface area contributed by atoms with Crippen LogP contribution in [0.2, 0.25) is 5.02 Å². The van der Waals surface area contributed by atoms with E-state index in [0.717, 1.165) is 28.5 Å². The fraction of sp³-hybridized carbons (Fsp3) is 0.600. The fourth-order valence-electron chi connectivity index (χ4n) is 2.80. The maximum absolute atomic E-state index is 6.36. The van der Waals surface area contributed by atoms with E-state index in [1.807, 2.05) is 0 Å². The fourth-order valence-corrected chi connectivity index (χ4v) is 3.49. The Bertz CT molecular complexity index is 388. The van der Waals surface area contributed by atoms with Gasteiger partial charge in [0.25, 0.3) is 0 Å². The van der Waals surface area contributed by atoms with Crippen molar-refractivity contribution in [2.24, 2.45) is 5.92 Å². The van der Waals surface area contributed by atoms with Gasteiger partial charge in [-0.05, 0) is 36.5 Å². The molecule has 0 unspecified atom stereocenters. The summed E-state index contributed by atoms with van der Waals surface area (Å²) in [4.78, 5) is 2.32. The van der Waals surface area contributed by atoms with Crippen LogP contribution in [0.1, 0.15) is 37.7 Å². The quantitative estimate of drug-likeness (QED) is 0.681. The maximum Gasteiger partial charge on any atom is 0.0642 e. The van der Waals surface area contributed by atoms with E-state index in [0.29, 0.717) is 0 Å². The lowest BCUT2D eigenvalue weighted by Crippen LogP contribution is -2.27. The van der Waals surface area contributed by atoms with Gasteiger partial charge >= 0.3 is 0 Å². The van der Waals surface area contributed by atoms with Gasteiger partial charge in [-0.15, -0.1) is 0 Å². The second-order valence-electron chi connectivity index (χ2n) is 5.30. The van der Waals surface area contributed by atoms with Gasteiger partial charge in [0, 0.05) is 18.9 Å². The largest absolute Gasteiger partial charge is 0.373 e. The Morgan fingerprint density at radius 1 is 1.28 bits per heavy atom. The first-order valence-electron chi connectivity index (χ1n) is 6.76. The van der Waals surface area contributed by atoms with Crippen LogP contribution < -0.4 is 4.90 Å². The number of halogens is 2. The molecule has 0 heterocycles. The van der Waals surface area contributed by atoms with Gasteiger partial charge in [0.15, 0.2) is 0 Å². The maximum atomic E-state index is 6.36. The van der Waals surface area contributed by atoms with E-state index in [1.54, 1.807) is 0 Å². The Balaban J connectivity index is 2.01. The van der Waals surface area contributed by atoms with E-state index < -0.39 is 0 Å². The van der Waals surface area contributed by atoms with E-state index in [1.165, 1.54) is 37.7 Å². The van der Waals surface area contributed by atoms with Crippen LogP contribution in [-0.4, -0.2) is 13.6 Å². The lowest BCUT2D eigenvalue weighted by molar-refractivity contribution is 0.362. The molecule has 0 atom stereocenters. The predicted molar refractivity (Wildman–Crippen MR) is 83.9 cm³/mol. The first-order valence-corrected chi connectivity index (χ1v) is 8.26. The smallest absolute Gasteiger partial charge is 0.0642 e. The Morgan fingerprint density at radius 3 is 2.61 bits per heavy atom. The van der Waals surface area contributed by atoms with Crippen molar-refractivity contribution >= 4 is 33.2 Å². The molecule has 1 fully saturated rings. The lowest BCUT2D eigenvalue weighted by Gasteiger charge is -2.29. The second kappa shape index (κ2) is 6.81. The standard InChI is InChI=1S/C15H21BrClN/c1-18(11-12-5-3-2-4-6-12)15-8-7-13(10-16)9-14(15)17/h7-9,12H,2-6,10-11H2,1H3. The molecule has 3 heteroatoms. The van der Waals surface area contributed by atoms with Crippen LogP contribution >= 0.6 is 27.5 Å². The molecule has 1 aliphatic rings. The van der Waals surface area contributed by atoms with Crippen LogP contribution in [0.25, 0.3) is 0 Å². The van der Waals surface area contributed by atoms with Crippen LogP contribution in [0.5, 0.6) is 0 Å². The molecular formula is C15H21BrClN.